The number of aromatic nitrogens is 1. The van der Waals surface area contributed by atoms with Crippen LogP contribution in [0.15, 0.2) is 80.9 Å². The summed E-state index contributed by atoms with van der Waals surface area (Å²) in [4.78, 5) is 24.9. The van der Waals surface area contributed by atoms with Crippen molar-refractivity contribution in [1.29, 1.82) is 0 Å². The van der Waals surface area contributed by atoms with Crippen molar-refractivity contribution in [1.82, 2.24) is 4.57 Å². The lowest BCUT2D eigenvalue weighted by Crippen LogP contribution is -2.38. The van der Waals surface area contributed by atoms with E-state index in [1.165, 1.54) is 16.7 Å². The van der Waals surface area contributed by atoms with Crippen molar-refractivity contribution < 1.29 is 17.9 Å². The minimum atomic E-state index is -4.05. The second kappa shape index (κ2) is 10.2. The summed E-state index contributed by atoms with van der Waals surface area (Å²) < 4.78 is 36.5. The largest absolute Gasteiger partial charge is 0.494 e. The Bertz CT molecular complexity index is 1530. The third-order valence-electron chi connectivity index (χ3n) is 5.20. The van der Waals surface area contributed by atoms with Crippen LogP contribution >= 0.6 is 27.3 Å². The molecule has 0 bridgehead atoms. The number of thiazole rings is 1. The van der Waals surface area contributed by atoms with E-state index >= 15 is 0 Å². The molecule has 0 radical (unpaired) electrons. The lowest BCUT2D eigenvalue weighted by atomic mass is 10.3. The van der Waals surface area contributed by atoms with Crippen LogP contribution < -0.4 is 19.2 Å². The van der Waals surface area contributed by atoms with Gasteiger partial charge in [0.05, 0.1) is 27.4 Å². The Morgan fingerprint density at radius 1 is 1.09 bits per heavy atom. The average Bonchev–Trinajstić information content (AvgIpc) is 3.11. The molecule has 1 heterocycles. The van der Waals surface area contributed by atoms with Gasteiger partial charge in [-0.15, -0.1) is 0 Å². The molecule has 0 saturated heterocycles. The summed E-state index contributed by atoms with van der Waals surface area (Å²) in [6.07, 6.45) is 0. The molecule has 0 spiro atoms. The molecule has 0 saturated carbocycles. The first-order valence-electron chi connectivity index (χ1n) is 10.6. The van der Waals surface area contributed by atoms with Gasteiger partial charge in [-0.2, -0.15) is 0 Å². The maximum atomic E-state index is 13.5. The minimum Gasteiger partial charge on any atom is -0.494 e. The molecule has 1 aromatic heterocycles. The van der Waals surface area contributed by atoms with E-state index in [4.69, 9.17) is 4.74 Å². The smallest absolute Gasteiger partial charge is 0.307 e. The van der Waals surface area contributed by atoms with Gasteiger partial charge in [0.2, 0.25) is 5.91 Å². The zero-order valence-corrected chi connectivity index (χ0v) is 22.1. The standard InChI is InChI=1S/C24H22BrN3O5S2/c1-3-33-19-9-7-18(8-10-19)28(35(31,32)20-11-4-16(25)5-12-20)15-23(29)26-17-6-13-21-22(14-17)34-24(30)27(21)2/h4-14H,3,15H2,1-2H3,(H,26,29). The number of hydrogen-bond donors (Lipinski definition) is 1. The number of amides is 1. The Hall–Kier alpha value is -3.15. The minimum absolute atomic E-state index is 0.0536. The van der Waals surface area contributed by atoms with Gasteiger partial charge < -0.3 is 14.6 Å². The van der Waals surface area contributed by atoms with Crippen molar-refractivity contribution in [2.24, 2.45) is 7.05 Å². The van der Waals surface area contributed by atoms with Gasteiger partial charge in [0.15, 0.2) is 0 Å². The maximum absolute atomic E-state index is 13.5. The zero-order chi connectivity index (χ0) is 25.2. The number of rotatable bonds is 8. The first kappa shape index (κ1) is 25.0. The third kappa shape index (κ3) is 5.42. The van der Waals surface area contributed by atoms with E-state index in [2.05, 4.69) is 21.2 Å². The van der Waals surface area contributed by atoms with Gasteiger partial charge in [0, 0.05) is 17.2 Å². The molecule has 0 atom stereocenters. The number of carbonyl (C=O) groups excluding carboxylic acids is 1. The number of nitrogens with zero attached hydrogens (tertiary/aromatic N) is 2. The monoisotopic (exact) mass is 575 g/mol. The Kier molecular flexibility index (Phi) is 7.29. The molecule has 4 aromatic rings. The van der Waals surface area contributed by atoms with Crippen molar-refractivity contribution in [2.45, 2.75) is 11.8 Å². The normalized spacial score (nSPS) is 11.4. The molecular formula is C24H22BrN3O5S2. The van der Waals surface area contributed by atoms with E-state index in [-0.39, 0.29) is 9.77 Å². The predicted molar refractivity (Wildman–Crippen MR) is 142 cm³/mol. The number of nitrogens with one attached hydrogen (secondary N) is 1. The Balaban J connectivity index is 1.64. The quantitative estimate of drug-likeness (QED) is 0.331. The van der Waals surface area contributed by atoms with E-state index in [1.54, 1.807) is 61.6 Å². The summed E-state index contributed by atoms with van der Waals surface area (Å²) >= 11 is 4.38. The van der Waals surface area contributed by atoms with Gasteiger partial charge in [0.25, 0.3) is 10.0 Å². The van der Waals surface area contributed by atoms with E-state index in [9.17, 15) is 18.0 Å². The van der Waals surface area contributed by atoms with Crippen molar-refractivity contribution in [2.75, 3.05) is 22.8 Å². The highest BCUT2D eigenvalue weighted by atomic mass is 79.9. The number of anilines is 2. The number of ether oxygens (including phenoxy) is 1. The molecule has 0 fully saturated rings. The fourth-order valence-electron chi connectivity index (χ4n) is 3.47. The number of halogens is 1. The molecule has 0 aliphatic heterocycles. The van der Waals surface area contributed by atoms with Crippen LogP contribution in [0.25, 0.3) is 10.2 Å². The lowest BCUT2D eigenvalue weighted by Gasteiger charge is -2.24. The second-order valence-electron chi connectivity index (χ2n) is 7.55. The molecule has 3 aromatic carbocycles. The highest BCUT2D eigenvalue weighted by Crippen LogP contribution is 2.27. The fourth-order valence-corrected chi connectivity index (χ4v) is 6.07. The molecule has 11 heteroatoms. The van der Waals surface area contributed by atoms with Crippen molar-refractivity contribution >= 4 is 64.8 Å². The topological polar surface area (TPSA) is 97.7 Å². The van der Waals surface area contributed by atoms with Gasteiger partial charge >= 0.3 is 4.87 Å². The molecule has 1 amide bonds. The van der Waals surface area contributed by atoms with Gasteiger partial charge in [-0.3, -0.25) is 13.9 Å². The molecule has 0 unspecified atom stereocenters. The maximum Gasteiger partial charge on any atom is 0.307 e. The highest BCUT2D eigenvalue weighted by molar-refractivity contribution is 9.10. The summed E-state index contributed by atoms with van der Waals surface area (Å²) in [5, 5.41) is 2.75. The molecule has 0 aliphatic carbocycles. The molecular weight excluding hydrogens is 554 g/mol. The number of aryl methyl sites for hydroxylation is 1. The number of sulfonamides is 1. The van der Waals surface area contributed by atoms with Gasteiger partial charge in [-0.25, -0.2) is 8.42 Å². The van der Waals surface area contributed by atoms with E-state index < -0.39 is 22.5 Å². The van der Waals surface area contributed by atoms with Crippen LogP contribution in [0, 0.1) is 0 Å². The summed E-state index contributed by atoms with van der Waals surface area (Å²) in [5.74, 6) is 0.0686. The predicted octanol–water partition coefficient (Wildman–Crippen LogP) is 4.60. The summed E-state index contributed by atoms with van der Waals surface area (Å²) in [6.45, 7) is 1.88. The molecule has 1 N–H and O–H groups in total. The number of benzene rings is 3. The Morgan fingerprint density at radius 3 is 2.43 bits per heavy atom. The molecule has 182 valence electrons. The summed E-state index contributed by atoms with van der Waals surface area (Å²) in [7, 11) is -2.37. The Morgan fingerprint density at radius 2 is 1.77 bits per heavy atom. The van der Waals surface area contributed by atoms with Crippen molar-refractivity contribution in [3.63, 3.8) is 0 Å². The van der Waals surface area contributed by atoms with Crippen LogP contribution in [0.2, 0.25) is 0 Å². The van der Waals surface area contributed by atoms with Crippen molar-refractivity contribution in [3.05, 3.63) is 80.9 Å². The van der Waals surface area contributed by atoms with Gasteiger partial charge in [-0.1, -0.05) is 27.3 Å². The van der Waals surface area contributed by atoms with Crippen molar-refractivity contribution in [3.8, 4) is 5.75 Å². The zero-order valence-electron chi connectivity index (χ0n) is 18.9. The molecule has 8 nitrogen and oxygen atoms in total. The number of fused-ring (bicyclic) bond motifs is 1. The summed E-state index contributed by atoms with van der Waals surface area (Å²) in [6, 6.07) is 17.8. The van der Waals surface area contributed by atoms with Crippen LogP contribution in [-0.2, 0) is 21.9 Å². The average molecular weight is 576 g/mol. The van der Waals surface area contributed by atoms with Crippen LogP contribution in [-0.4, -0.2) is 32.0 Å². The van der Waals surface area contributed by atoms with Crippen LogP contribution in [0.3, 0.4) is 0 Å². The van der Waals surface area contributed by atoms with Gasteiger partial charge in [-0.05, 0) is 73.7 Å². The summed E-state index contributed by atoms with van der Waals surface area (Å²) in [5.41, 5.74) is 1.55. The first-order chi connectivity index (χ1) is 16.7. The van der Waals surface area contributed by atoms with Crippen LogP contribution in [0.5, 0.6) is 5.75 Å². The van der Waals surface area contributed by atoms with E-state index in [0.29, 0.717) is 23.7 Å². The number of hydrogen-bond acceptors (Lipinski definition) is 6. The fraction of sp³-hybridized carbons (Fsp3) is 0.167. The van der Waals surface area contributed by atoms with E-state index in [0.717, 1.165) is 30.3 Å². The second-order valence-corrected chi connectivity index (χ2v) is 11.3. The molecule has 35 heavy (non-hydrogen) atoms. The molecule has 4 rings (SSSR count). The number of carbonyl (C=O) groups is 1. The Labute approximate surface area is 214 Å². The first-order valence-corrected chi connectivity index (χ1v) is 13.6. The highest BCUT2D eigenvalue weighted by Gasteiger charge is 2.27. The molecule has 0 aliphatic rings. The third-order valence-corrected chi connectivity index (χ3v) is 8.51. The van der Waals surface area contributed by atoms with Gasteiger partial charge in [0.1, 0.15) is 12.3 Å². The SMILES string of the molecule is CCOc1ccc(N(CC(=O)Nc2ccc3c(c2)sc(=O)n3C)S(=O)(=O)c2ccc(Br)cc2)cc1. The van der Waals surface area contributed by atoms with E-state index in [1.807, 2.05) is 6.92 Å². The lowest BCUT2D eigenvalue weighted by molar-refractivity contribution is -0.114. The van der Waals surface area contributed by atoms with Crippen LogP contribution in [0.4, 0.5) is 11.4 Å². The van der Waals surface area contributed by atoms with Crippen LogP contribution in [0.1, 0.15) is 6.92 Å².